The number of hydrogen-bond donors (Lipinski definition) is 2. The van der Waals surface area contributed by atoms with Crippen LogP contribution in [0.3, 0.4) is 0 Å². The van der Waals surface area contributed by atoms with E-state index in [1.54, 1.807) is 0 Å². The number of sulfonamides is 1. The highest BCUT2D eigenvalue weighted by Crippen LogP contribution is 2.21. The van der Waals surface area contributed by atoms with Crippen LogP contribution in [0.1, 0.15) is 26.2 Å². The van der Waals surface area contributed by atoms with Crippen molar-refractivity contribution in [2.24, 2.45) is 5.73 Å². The lowest BCUT2D eigenvalue weighted by atomic mass is 10.2. The fourth-order valence-electron chi connectivity index (χ4n) is 1.81. The van der Waals surface area contributed by atoms with Crippen LogP contribution in [0.2, 0.25) is 0 Å². The number of carbonyl (C=O) groups is 1. The summed E-state index contributed by atoms with van der Waals surface area (Å²) < 4.78 is 24.8. The molecule has 2 atom stereocenters. The Labute approximate surface area is 95.5 Å². The van der Waals surface area contributed by atoms with Gasteiger partial charge in [0, 0.05) is 12.6 Å². The second kappa shape index (κ2) is 5.11. The maximum atomic E-state index is 11.9. The first-order valence-corrected chi connectivity index (χ1v) is 6.97. The second-order valence-electron chi connectivity index (χ2n) is 4.09. The summed E-state index contributed by atoms with van der Waals surface area (Å²) in [7, 11) is -3.48. The summed E-state index contributed by atoms with van der Waals surface area (Å²) in [5.74, 6) is -1.12. The molecule has 1 rings (SSSR count). The zero-order valence-corrected chi connectivity index (χ0v) is 10.1. The molecule has 7 heteroatoms. The highest BCUT2D eigenvalue weighted by molar-refractivity contribution is 7.89. The molecule has 0 amide bonds. The second-order valence-corrected chi connectivity index (χ2v) is 6.13. The van der Waals surface area contributed by atoms with E-state index in [9.17, 15) is 13.2 Å². The number of carboxylic acid groups (broad SMARTS) is 1. The molecule has 94 valence electrons. The molecule has 0 aromatic heterocycles. The SMILES string of the molecule is CCCCS(=O)(=O)N1CC(N)CC1C(=O)O. The number of nitrogens with zero attached hydrogens (tertiary/aromatic N) is 1. The van der Waals surface area contributed by atoms with E-state index in [0.717, 1.165) is 10.7 Å². The van der Waals surface area contributed by atoms with Gasteiger partial charge in [0.05, 0.1) is 5.75 Å². The molecule has 0 radical (unpaired) electrons. The van der Waals surface area contributed by atoms with E-state index in [-0.39, 0.29) is 24.8 Å². The van der Waals surface area contributed by atoms with E-state index >= 15 is 0 Å². The van der Waals surface area contributed by atoms with Crippen molar-refractivity contribution in [2.45, 2.75) is 38.3 Å². The summed E-state index contributed by atoms with van der Waals surface area (Å²) in [6.07, 6.45) is 1.50. The van der Waals surface area contributed by atoms with Gasteiger partial charge in [0.1, 0.15) is 6.04 Å². The molecule has 0 aromatic carbocycles. The first-order chi connectivity index (χ1) is 7.38. The first-order valence-electron chi connectivity index (χ1n) is 5.36. The fourth-order valence-corrected chi connectivity index (χ4v) is 3.68. The van der Waals surface area contributed by atoms with Gasteiger partial charge in [-0.25, -0.2) is 8.42 Å². The number of nitrogens with two attached hydrogens (primary N) is 1. The lowest BCUT2D eigenvalue weighted by molar-refractivity contribution is -0.140. The highest BCUT2D eigenvalue weighted by atomic mass is 32.2. The minimum Gasteiger partial charge on any atom is -0.480 e. The average Bonchev–Trinajstić information content (AvgIpc) is 2.58. The van der Waals surface area contributed by atoms with Crippen molar-refractivity contribution in [2.75, 3.05) is 12.3 Å². The number of rotatable bonds is 5. The summed E-state index contributed by atoms with van der Waals surface area (Å²) >= 11 is 0. The van der Waals surface area contributed by atoms with Gasteiger partial charge in [-0.05, 0) is 12.8 Å². The Balaban J connectivity index is 2.81. The van der Waals surface area contributed by atoms with Crippen LogP contribution in [-0.2, 0) is 14.8 Å². The van der Waals surface area contributed by atoms with Gasteiger partial charge >= 0.3 is 5.97 Å². The highest BCUT2D eigenvalue weighted by Gasteiger charge is 2.41. The normalized spacial score (nSPS) is 27.1. The van der Waals surface area contributed by atoms with Crippen LogP contribution < -0.4 is 5.73 Å². The van der Waals surface area contributed by atoms with Crippen molar-refractivity contribution in [1.29, 1.82) is 0 Å². The topological polar surface area (TPSA) is 101 Å². The molecule has 1 saturated heterocycles. The molecule has 3 N–H and O–H groups in total. The van der Waals surface area contributed by atoms with E-state index in [4.69, 9.17) is 10.8 Å². The van der Waals surface area contributed by atoms with Crippen molar-refractivity contribution in [1.82, 2.24) is 4.31 Å². The van der Waals surface area contributed by atoms with Gasteiger partial charge in [-0.15, -0.1) is 0 Å². The van der Waals surface area contributed by atoms with Gasteiger partial charge in [0.25, 0.3) is 0 Å². The van der Waals surface area contributed by atoms with E-state index in [1.165, 1.54) is 0 Å². The number of unbranched alkanes of at least 4 members (excludes halogenated alkanes) is 1. The Morgan fingerprint density at radius 3 is 2.69 bits per heavy atom. The standard InChI is InChI=1S/C9H18N2O4S/c1-2-3-4-16(14,15)11-6-7(10)5-8(11)9(12)13/h7-8H,2-6,10H2,1H3,(H,12,13). The number of carboxylic acids is 1. The molecule has 1 heterocycles. The smallest absolute Gasteiger partial charge is 0.322 e. The van der Waals surface area contributed by atoms with Crippen molar-refractivity contribution < 1.29 is 18.3 Å². The predicted molar refractivity (Wildman–Crippen MR) is 59.4 cm³/mol. The van der Waals surface area contributed by atoms with Gasteiger partial charge in [0.2, 0.25) is 10.0 Å². The molecule has 0 aliphatic carbocycles. The Morgan fingerprint density at radius 1 is 1.56 bits per heavy atom. The maximum Gasteiger partial charge on any atom is 0.322 e. The number of hydrogen-bond acceptors (Lipinski definition) is 4. The van der Waals surface area contributed by atoms with Gasteiger partial charge in [-0.1, -0.05) is 13.3 Å². The summed E-state index contributed by atoms with van der Waals surface area (Å²) in [4.78, 5) is 10.9. The molecule has 2 unspecified atom stereocenters. The Bertz CT molecular complexity index is 355. The molecule has 0 spiro atoms. The van der Waals surface area contributed by atoms with Gasteiger partial charge in [0.15, 0.2) is 0 Å². The van der Waals surface area contributed by atoms with Crippen molar-refractivity contribution in [3.05, 3.63) is 0 Å². The van der Waals surface area contributed by atoms with Crippen LogP contribution in [-0.4, -0.2) is 48.2 Å². The molecular weight excluding hydrogens is 232 g/mol. The zero-order chi connectivity index (χ0) is 12.3. The molecule has 1 fully saturated rings. The van der Waals surface area contributed by atoms with E-state index in [2.05, 4.69) is 0 Å². The molecule has 1 aliphatic rings. The van der Waals surface area contributed by atoms with Crippen LogP contribution in [0.5, 0.6) is 0 Å². The monoisotopic (exact) mass is 250 g/mol. The van der Waals surface area contributed by atoms with Crippen molar-refractivity contribution in [3.8, 4) is 0 Å². The van der Waals surface area contributed by atoms with E-state index in [0.29, 0.717) is 6.42 Å². The fraction of sp³-hybridized carbons (Fsp3) is 0.889. The van der Waals surface area contributed by atoms with Crippen LogP contribution in [0, 0.1) is 0 Å². The molecule has 0 bridgehead atoms. The molecule has 6 nitrogen and oxygen atoms in total. The quantitative estimate of drug-likeness (QED) is 0.691. The van der Waals surface area contributed by atoms with Crippen LogP contribution >= 0.6 is 0 Å². The van der Waals surface area contributed by atoms with Gasteiger partial charge < -0.3 is 10.8 Å². The van der Waals surface area contributed by atoms with Gasteiger partial charge in [-0.3, -0.25) is 4.79 Å². The van der Waals surface area contributed by atoms with E-state index in [1.807, 2.05) is 6.92 Å². The average molecular weight is 250 g/mol. The third-order valence-corrected chi connectivity index (χ3v) is 4.61. The molecule has 16 heavy (non-hydrogen) atoms. The minimum atomic E-state index is -3.48. The number of aliphatic carboxylic acids is 1. The lowest BCUT2D eigenvalue weighted by Gasteiger charge is -2.20. The largest absolute Gasteiger partial charge is 0.480 e. The Morgan fingerprint density at radius 2 is 2.19 bits per heavy atom. The molecule has 1 aliphatic heterocycles. The predicted octanol–water partition coefficient (Wildman–Crippen LogP) is -0.397. The zero-order valence-electron chi connectivity index (χ0n) is 9.30. The maximum absolute atomic E-state index is 11.9. The summed E-state index contributed by atoms with van der Waals surface area (Å²) in [6.45, 7) is 2.00. The van der Waals surface area contributed by atoms with Crippen LogP contribution in [0.4, 0.5) is 0 Å². The molecule has 0 aromatic rings. The lowest BCUT2D eigenvalue weighted by Crippen LogP contribution is -2.41. The van der Waals surface area contributed by atoms with Crippen LogP contribution in [0.25, 0.3) is 0 Å². The van der Waals surface area contributed by atoms with Crippen molar-refractivity contribution in [3.63, 3.8) is 0 Å². The molecular formula is C9H18N2O4S. The Kier molecular flexibility index (Phi) is 4.28. The van der Waals surface area contributed by atoms with Crippen LogP contribution in [0.15, 0.2) is 0 Å². The third kappa shape index (κ3) is 2.93. The Hall–Kier alpha value is -0.660. The first kappa shape index (κ1) is 13.4. The molecule has 0 saturated carbocycles. The summed E-state index contributed by atoms with van der Waals surface area (Å²) in [5, 5.41) is 8.93. The van der Waals surface area contributed by atoms with E-state index < -0.39 is 22.0 Å². The summed E-state index contributed by atoms with van der Waals surface area (Å²) in [5.41, 5.74) is 5.61. The van der Waals surface area contributed by atoms with Gasteiger partial charge in [-0.2, -0.15) is 4.31 Å². The summed E-state index contributed by atoms with van der Waals surface area (Å²) in [6, 6.07) is -1.37. The third-order valence-electron chi connectivity index (χ3n) is 2.69. The van der Waals surface area contributed by atoms with Crippen molar-refractivity contribution >= 4 is 16.0 Å². The minimum absolute atomic E-state index is 0.